The first-order valence-electron chi connectivity index (χ1n) is 7.50. The van der Waals surface area contributed by atoms with Crippen LogP contribution in [-0.2, 0) is 4.74 Å². The van der Waals surface area contributed by atoms with Gasteiger partial charge in [-0.25, -0.2) is 18.9 Å². The van der Waals surface area contributed by atoms with Gasteiger partial charge in [0.1, 0.15) is 24.5 Å². The van der Waals surface area contributed by atoms with Crippen LogP contribution in [0.25, 0.3) is 5.70 Å². The lowest BCUT2D eigenvalue weighted by Gasteiger charge is -2.10. The van der Waals surface area contributed by atoms with Crippen molar-refractivity contribution >= 4 is 41.0 Å². The van der Waals surface area contributed by atoms with Crippen molar-refractivity contribution in [1.29, 1.82) is 5.26 Å². The minimum absolute atomic E-state index is 0.219. The third-order valence-electron chi connectivity index (χ3n) is 3.26. The van der Waals surface area contributed by atoms with Crippen molar-refractivity contribution in [2.45, 2.75) is 12.2 Å². The van der Waals surface area contributed by atoms with Crippen molar-refractivity contribution in [3.63, 3.8) is 0 Å². The summed E-state index contributed by atoms with van der Waals surface area (Å²) in [5, 5.41) is 15.5. The van der Waals surface area contributed by atoms with Gasteiger partial charge in [0, 0.05) is 11.8 Å². The number of hydrogen-bond acceptors (Lipinski definition) is 8. The molecule has 0 spiro atoms. The number of allylic oxidation sites excluding steroid dienone is 1. The van der Waals surface area contributed by atoms with Crippen LogP contribution in [0.5, 0.6) is 0 Å². The van der Waals surface area contributed by atoms with Gasteiger partial charge < -0.3 is 4.74 Å². The number of pyridine rings is 1. The van der Waals surface area contributed by atoms with Crippen LogP contribution in [0.2, 0.25) is 0 Å². The van der Waals surface area contributed by atoms with Crippen LogP contribution in [0.15, 0.2) is 29.2 Å². The molecule has 0 radical (unpaired) electrons. The van der Waals surface area contributed by atoms with Gasteiger partial charge in [-0.3, -0.25) is 10.3 Å². The minimum Gasteiger partial charge on any atom is -0.450 e. The molecular formula is C15H13FN6O2S2. The standard InChI is InChI=1S/C15H13FN6O2S2/c1-2-24-15(23)21-9-3-10(16)13(19-5-9)12-6-25-14(26-12)11(4-17)22-8-18-7-20-22/h3,5,7-8,12H,2,6H2,1H3,(H,21,23)/b14-11+/t12-/m0/s1. The fraction of sp³-hybridized carbons (Fsp3) is 0.267. The second-order valence-electron chi connectivity index (χ2n) is 4.94. The first kappa shape index (κ1) is 18.2. The third-order valence-corrected chi connectivity index (χ3v) is 6.15. The number of thioether (sulfide) groups is 2. The summed E-state index contributed by atoms with van der Waals surface area (Å²) in [6, 6.07) is 3.30. The lowest BCUT2D eigenvalue weighted by molar-refractivity contribution is 0.168. The zero-order valence-electron chi connectivity index (χ0n) is 13.5. The molecule has 0 aromatic carbocycles. The highest BCUT2D eigenvalue weighted by atomic mass is 32.2. The van der Waals surface area contributed by atoms with Crippen molar-refractivity contribution in [2.75, 3.05) is 17.7 Å². The van der Waals surface area contributed by atoms with E-state index in [4.69, 9.17) is 4.74 Å². The van der Waals surface area contributed by atoms with Gasteiger partial charge in [0.15, 0.2) is 5.70 Å². The number of nitrogens with zero attached hydrogens (tertiary/aromatic N) is 5. The number of aromatic nitrogens is 4. The van der Waals surface area contributed by atoms with Gasteiger partial charge in [0.05, 0.1) is 33.7 Å². The summed E-state index contributed by atoms with van der Waals surface area (Å²) >= 11 is 2.80. The molecule has 1 N–H and O–H groups in total. The summed E-state index contributed by atoms with van der Waals surface area (Å²) in [6.45, 7) is 1.90. The predicted octanol–water partition coefficient (Wildman–Crippen LogP) is 3.25. The quantitative estimate of drug-likeness (QED) is 0.791. The van der Waals surface area contributed by atoms with Crippen molar-refractivity contribution in [2.24, 2.45) is 0 Å². The third kappa shape index (κ3) is 3.97. The normalized spacial score (nSPS) is 18.3. The number of nitriles is 1. The Kier molecular flexibility index (Phi) is 5.75. The molecule has 1 atom stereocenters. The highest BCUT2D eigenvalue weighted by Gasteiger charge is 2.29. The van der Waals surface area contributed by atoms with Gasteiger partial charge in [-0.15, -0.1) is 23.5 Å². The van der Waals surface area contributed by atoms with E-state index in [2.05, 4.69) is 26.5 Å². The second-order valence-corrected chi connectivity index (χ2v) is 7.44. The number of halogens is 1. The number of ether oxygens (including phenoxy) is 1. The summed E-state index contributed by atoms with van der Waals surface area (Å²) in [5.74, 6) is 0.0342. The Morgan fingerprint density at radius 2 is 2.46 bits per heavy atom. The summed E-state index contributed by atoms with van der Waals surface area (Å²) in [6.07, 6.45) is 3.50. The Balaban J connectivity index is 1.77. The number of hydrogen-bond donors (Lipinski definition) is 1. The van der Waals surface area contributed by atoms with Crippen LogP contribution in [0, 0.1) is 17.1 Å². The van der Waals surface area contributed by atoms with E-state index in [-0.39, 0.29) is 23.2 Å². The number of carbonyl (C=O) groups is 1. The van der Waals surface area contributed by atoms with E-state index >= 15 is 0 Å². The molecule has 11 heteroatoms. The average Bonchev–Trinajstić information content (AvgIpc) is 3.29. The Labute approximate surface area is 156 Å². The number of rotatable bonds is 4. The van der Waals surface area contributed by atoms with Crippen LogP contribution in [0.4, 0.5) is 14.9 Å². The minimum atomic E-state index is -0.663. The number of amides is 1. The molecule has 1 aliphatic rings. The molecule has 0 saturated carbocycles. The van der Waals surface area contributed by atoms with E-state index in [0.29, 0.717) is 11.4 Å². The van der Waals surface area contributed by atoms with Crippen LogP contribution in [-0.4, -0.2) is 38.2 Å². The van der Waals surface area contributed by atoms with Crippen LogP contribution < -0.4 is 5.32 Å². The first-order valence-corrected chi connectivity index (χ1v) is 9.37. The Hall–Kier alpha value is -2.58. The highest BCUT2D eigenvalue weighted by Crippen LogP contribution is 2.51. The zero-order valence-corrected chi connectivity index (χ0v) is 15.2. The van der Waals surface area contributed by atoms with Gasteiger partial charge in [-0.05, 0) is 6.92 Å². The first-order chi connectivity index (χ1) is 12.6. The fourth-order valence-electron chi connectivity index (χ4n) is 2.16. The summed E-state index contributed by atoms with van der Waals surface area (Å²) < 4.78 is 21.3. The van der Waals surface area contributed by atoms with E-state index < -0.39 is 11.9 Å². The molecule has 1 aliphatic heterocycles. The summed E-state index contributed by atoms with van der Waals surface area (Å²) in [7, 11) is 0. The van der Waals surface area contributed by atoms with Crippen molar-refractivity contribution in [3.05, 3.63) is 40.7 Å². The van der Waals surface area contributed by atoms with Crippen LogP contribution in [0.3, 0.4) is 0 Å². The molecule has 1 amide bonds. The average molecular weight is 392 g/mol. The lowest BCUT2D eigenvalue weighted by atomic mass is 10.2. The van der Waals surface area contributed by atoms with E-state index in [1.165, 1.54) is 53.1 Å². The number of anilines is 1. The SMILES string of the molecule is CCOC(=O)Nc1cnc([C@@H]2CS/C(=C(/C#N)n3cncn3)S2)c(F)c1. The van der Waals surface area contributed by atoms with Crippen molar-refractivity contribution in [3.8, 4) is 6.07 Å². The molecule has 2 aromatic rings. The summed E-state index contributed by atoms with van der Waals surface area (Å²) in [5.41, 5.74) is 0.834. The van der Waals surface area contributed by atoms with Gasteiger partial charge >= 0.3 is 6.09 Å². The van der Waals surface area contributed by atoms with Gasteiger partial charge in [0.25, 0.3) is 0 Å². The van der Waals surface area contributed by atoms with Crippen LogP contribution >= 0.6 is 23.5 Å². The van der Waals surface area contributed by atoms with Gasteiger partial charge in [-0.1, -0.05) is 0 Å². The van der Waals surface area contributed by atoms with Gasteiger partial charge in [0.2, 0.25) is 0 Å². The molecule has 26 heavy (non-hydrogen) atoms. The summed E-state index contributed by atoms with van der Waals surface area (Å²) in [4.78, 5) is 19.4. The number of carbonyl (C=O) groups excluding carboxylic acids is 1. The molecule has 134 valence electrons. The second kappa shape index (κ2) is 8.20. The Bertz CT molecular complexity index is 881. The molecular weight excluding hydrogens is 379 g/mol. The fourth-order valence-corrected chi connectivity index (χ4v) is 4.99. The van der Waals surface area contributed by atoms with Gasteiger partial charge in [-0.2, -0.15) is 10.4 Å². The largest absolute Gasteiger partial charge is 0.450 e. The number of nitrogens with one attached hydrogen (secondary N) is 1. The van der Waals surface area contributed by atoms with E-state index in [1.807, 2.05) is 0 Å². The lowest BCUT2D eigenvalue weighted by Crippen LogP contribution is -2.14. The van der Waals surface area contributed by atoms with E-state index in [0.717, 1.165) is 4.24 Å². The topological polar surface area (TPSA) is 106 Å². The zero-order chi connectivity index (χ0) is 18.5. The highest BCUT2D eigenvalue weighted by molar-refractivity contribution is 8.25. The Morgan fingerprint density at radius 1 is 1.62 bits per heavy atom. The smallest absolute Gasteiger partial charge is 0.411 e. The Morgan fingerprint density at radius 3 is 3.12 bits per heavy atom. The molecule has 1 saturated heterocycles. The van der Waals surface area contributed by atoms with Crippen molar-refractivity contribution < 1.29 is 13.9 Å². The molecule has 0 aliphatic carbocycles. The van der Waals surface area contributed by atoms with E-state index in [1.54, 1.807) is 6.92 Å². The van der Waals surface area contributed by atoms with E-state index in [9.17, 15) is 14.4 Å². The monoisotopic (exact) mass is 392 g/mol. The molecule has 3 rings (SSSR count). The molecule has 1 fully saturated rings. The molecule has 0 bridgehead atoms. The molecule has 3 heterocycles. The maximum Gasteiger partial charge on any atom is 0.411 e. The molecule has 2 aromatic heterocycles. The maximum absolute atomic E-state index is 14.4. The van der Waals surface area contributed by atoms with Crippen LogP contribution in [0.1, 0.15) is 17.9 Å². The molecule has 0 unspecified atom stereocenters. The predicted molar refractivity (Wildman–Crippen MR) is 96.5 cm³/mol. The molecule has 8 nitrogen and oxygen atoms in total. The van der Waals surface area contributed by atoms with Crippen molar-refractivity contribution in [1.82, 2.24) is 19.7 Å². The maximum atomic E-state index is 14.4.